The number of nitrogens with two attached hydrogens (primary N) is 2. The normalized spacial score (nSPS) is 15.3. The molecule has 4 heterocycles. The fraction of sp³-hybridized carbons (Fsp3) is 0.318. The van der Waals surface area contributed by atoms with Crippen LogP contribution in [0.5, 0.6) is 5.75 Å². The molecule has 1 amide bonds. The van der Waals surface area contributed by atoms with Crippen molar-refractivity contribution in [3.05, 3.63) is 48.5 Å². The van der Waals surface area contributed by atoms with Gasteiger partial charge < -0.3 is 26.4 Å². The molecule has 1 aliphatic rings. The number of pyridine rings is 2. The van der Waals surface area contributed by atoms with Gasteiger partial charge in [0.05, 0.1) is 19.0 Å². The van der Waals surface area contributed by atoms with E-state index in [1.165, 1.54) is 13.3 Å². The van der Waals surface area contributed by atoms with Gasteiger partial charge in [-0.05, 0) is 44.0 Å². The van der Waals surface area contributed by atoms with Gasteiger partial charge in [0.25, 0.3) is 5.91 Å². The summed E-state index contributed by atoms with van der Waals surface area (Å²) in [5.74, 6) is 0.449. The molecule has 0 atom stereocenters. The van der Waals surface area contributed by atoms with E-state index in [1.54, 1.807) is 24.5 Å². The lowest BCUT2D eigenvalue weighted by atomic mass is 9.91. The Labute approximate surface area is 186 Å². The summed E-state index contributed by atoms with van der Waals surface area (Å²) in [5.41, 5.74) is 13.7. The smallest absolute Gasteiger partial charge is 0.279 e. The summed E-state index contributed by atoms with van der Waals surface area (Å²) in [6, 6.07) is 7.26. The van der Waals surface area contributed by atoms with Gasteiger partial charge in [-0.1, -0.05) is 0 Å². The molecule has 0 unspecified atom stereocenters. The highest BCUT2D eigenvalue weighted by atomic mass is 16.5. The molecule has 0 aliphatic carbocycles. The molecule has 1 fully saturated rings. The minimum Gasteiger partial charge on any atom is -0.494 e. The Balaban J connectivity index is 1.60. The molecule has 0 saturated carbocycles. The molecule has 5 N–H and O–H groups in total. The van der Waals surface area contributed by atoms with Crippen LogP contribution in [0.3, 0.4) is 0 Å². The number of anilines is 3. The van der Waals surface area contributed by atoms with Gasteiger partial charge in [-0.2, -0.15) is 0 Å². The summed E-state index contributed by atoms with van der Waals surface area (Å²) in [7, 11) is 1.54. The zero-order valence-corrected chi connectivity index (χ0v) is 18.1. The van der Waals surface area contributed by atoms with E-state index < -0.39 is 5.91 Å². The maximum Gasteiger partial charge on any atom is 0.279 e. The second kappa shape index (κ2) is 8.75. The number of methoxy groups -OCH3 is 1. The monoisotopic (exact) mass is 434 g/mol. The van der Waals surface area contributed by atoms with Crippen molar-refractivity contribution >= 4 is 23.2 Å². The molecular weight excluding hydrogens is 408 g/mol. The molecule has 0 radical (unpaired) electrons. The van der Waals surface area contributed by atoms with Crippen LogP contribution in [0.15, 0.2) is 42.9 Å². The number of carbonyl (C=O) groups is 1. The Morgan fingerprint density at radius 3 is 2.62 bits per heavy atom. The van der Waals surface area contributed by atoms with Crippen LogP contribution in [0.25, 0.3) is 11.4 Å². The van der Waals surface area contributed by atoms with Crippen molar-refractivity contribution in [3.8, 4) is 17.1 Å². The Hall–Kier alpha value is -3.79. The predicted octanol–water partition coefficient (Wildman–Crippen LogP) is 2.09. The minimum atomic E-state index is -0.507. The quantitative estimate of drug-likeness (QED) is 0.549. The van der Waals surface area contributed by atoms with Crippen LogP contribution < -0.4 is 26.4 Å². The van der Waals surface area contributed by atoms with Crippen LogP contribution in [0.1, 0.15) is 30.3 Å². The number of nitrogen functional groups attached to an aromatic ring is 1. The van der Waals surface area contributed by atoms with Crippen molar-refractivity contribution in [3.63, 3.8) is 0 Å². The molecule has 1 aliphatic heterocycles. The molecule has 0 bridgehead atoms. The number of amides is 1. The highest BCUT2D eigenvalue weighted by Gasteiger charge is 2.28. The highest BCUT2D eigenvalue weighted by molar-refractivity contribution is 6.06. The number of hydrogen-bond acceptors (Lipinski definition) is 9. The van der Waals surface area contributed by atoms with Gasteiger partial charge in [0.15, 0.2) is 17.3 Å². The summed E-state index contributed by atoms with van der Waals surface area (Å²) >= 11 is 0. The first-order chi connectivity index (χ1) is 15.4. The fourth-order valence-electron chi connectivity index (χ4n) is 3.60. The average Bonchev–Trinajstić information content (AvgIpc) is 2.80. The van der Waals surface area contributed by atoms with Crippen LogP contribution in [0, 0.1) is 0 Å². The zero-order valence-electron chi connectivity index (χ0n) is 18.1. The Bertz CT molecular complexity index is 1120. The standard InChI is InChI=1S/C22H26N8O2/c1-22(24)7-11-30(12-8-22)15-5-3-10-26-20(15)29-21(31)18-19(23)27-13-14(28-18)17-16(32-2)6-4-9-25-17/h3-6,9-10,13H,7-8,11-12,24H2,1-2H3,(H2,23,27)(H,26,29,31). The zero-order chi connectivity index (χ0) is 22.7. The average molecular weight is 435 g/mol. The Morgan fingerprint density at radius 2 is 1.88 bits per heavy atom. The number of aromatic nitrogens is 4. The van der Waals surface area contributed by atoms with Crippen molar-refractivity contribution in [2.24, 2.45) is 5.73 Å². The Kier molecular flexibility index (Phi) is 5.87. The molecule has 3 aromatic heterocycles. The third-order valence-electron chi connectivity index (χ3n) is 5.51. The SMILES string of the molecule is COc1cccnc1-c1cnc(N)c(C(=O)Nc2ncccc2N2CCC(C)(N)CC2)n1. The molecule has 4 rings (SSSR count). The van der Waals surface area contributed by atoms with Crippen LogP contribution in [0.2, 0.25) is 0 Å². The Morgan fingerprint density at radius 1 is 1.16 bits per heavy atom. The van der Waals surface area contributed by atoms with Gasteiger partial charge in [0.2, 0.25) is 0 Å². The topological polar surface area (TPSA) is 145 Å². The number of ether oxygens (including phenoxy) is 1. The highest BCUT2D eigenvalue weighted by Crippen LogP contribution is 2.30. The van der Waals surface area contributed by atoms with Crippen molar-refractivity contribution in [1.82, 2.24) is 19.9 Å². The lowest BCUT2D eigenvalue weighted by molar-refractivity contribution is 0.102. The molecule has 166 valence electrons. The van der Waals surface area contributed by atoms with E-state index in [0.717, 1.165) is 31.6 Å². The van der Waals surface area contributed by atoms with Crippen molar-refractivity contribution in [1.29, 1.82) is 0 Å². The van der Waals surface area contributed by atoms with Crippen LogP contribution in [0.4, 0.5) is 17.3 Å². The summed E-state index contributed by atoms with van der Waals surface area (Å²) in [5, 5.41) is 2.84. The van der Waals surface area contributed by atoms with E-state index >= 15 is 0 Å². The van der Waals surface area contributed by atoms with Crippen LogP contribution in [-0.2, 0) is 0 Å². The first-order valence-corrected chi connectivity index (χ1v) is 10.3. The third-order valence-corrected chi connectivity index (χ3v) is 5.51. The summed E-state index contributed by atoms with van der Waals surface area (Å²) in [4.78, 5) is 32.5. The molecule has 1 saturated heterocycles. The summed E-state index contributed by atoms with van der Waals surface area (Å²) in [6.07, 6.45) is 6.39. The lowest BCUT2D eigenvalue weighted by Gasteiger charge is -2.38. The number of carbonyl (C=O) groups excluding carboxylic acids is 1. The van der Waals surface area contributed by atoms with Crippen molar-refractivity contribution in [2.45, 2.75) is 25.3 Å². The van der Waals surface area contributed by atoms with Crippen molar-refractivity contribution in [2.75, 3.05) is 36.1 Å². The van der Waals surface area contributed by atoms with Crippen molar-refractivity contribution < 1.29 is 9.53 Å². The third kappa shape index (κ3) is 4.45. The molecule has 0 aromatic carbocycles. The predicted molar refractivity (Wildman–Crippen MR) is 122 cm³/mol. The van der Waals surface area contributed by atoms with E-state index in [1.807, 2.05) is 12.1 Å². The fourth-order valence-corrected chi connectivity index (χ4v) is 3.60. The maximum absolute atomic E-state index is 13.1. The van der Waals surface area contributed by atoms with E-state index in [9.17, 15) is 4.79 Å². The minimum absolute atomic E-state index is 0.00972. The van der Waals surface area contributed by atoms with Gasteiger partial charge in [0, 0.05) is 31.0 Å². The van der Waals surface area contributed by atoms with Crippen LogP contribution in [-0.4, -0.2) is 51.6 Å². The van der Waals surface area contributed by atoms with Gasteiger partial charge >= 0.3 is 0 Å². The molecule has 10 nitrogen and oxygen atoms in total. The number of nitrogens with one attached hydrogen (secondary N) is 1. The maximum atomic E-state index is 13.1. The van der Waals surface area contributed by atoms with E-state index in [0.29, 0.717) is 23.0 Å². The van der Waals surface area contributed by atoms with Gasteiger partial charge in [-0.15, -0.1) is 0 Å². The number of nitrogens with zero attached hydrogens (tertiary/aromatic N) is 5. The summed E-state index contributed by atoms with van der Waals surface area (Å²) < 4.78 is 5.34. The van der Waals surface area contributed by atoms with E-state index in [-0.39, 0.29) is 17.1 Å². The second-order valence-corrected chi connectivity index (χ2v) is 8.01. The molecule has 10 heteroatoms. The van der Waals surface area contributed by atoms with Gasteiger partial charge in [0.1, 0.15) is 17.1 Å². The number of piperidine rings is 1. The number of hydrogen-bond donors (Lipinski definition) is 3. The first kappa shape index (κ1) is 21.4. The van der Waals surface area contributed by atoms with E-state index in [4.69, 9.17) is 16.2 Å². The van der Waals surface area contributed by atoms with Gasteiger partial charge in [-0.3, -0.25) is 9.78 Å². The van der Waals surface area contributed by atoms with Gasteiger partial charge in [-0.25, -0.2) is 15.0 Å². The lowest BCUT2D eigenvalue weighted by Crippen LogP contribution is -2.48. The molecular formula is C22H26N8O2. The molecule has 0 spiro atoms. The largest absolute Gasteiger partial charge is 0.494 e. The molecule has 3 aromatic rings. The van der Waals surface area contributed by atoms with E-state index in [2.05, 4.69) is 37.1 Å². The first-order valence-electron chi connectivity index (χ1n) is 10.3. The summed E-state index contributed by atoms with van der Waals surface area (Å²) in [6.45, 7) is 3.61. The molecule has 32 heavy (non-hydrogen) atoms. The second-order valence-electron chi connectivity index (χ2n) is 8.01. The number of rotatable bonds is 5. The van der Waals surface area contributed by atoms with Crippen LogP contribution >= 0.6 is 0 Å².